The Morgan fingerprint density at radius 1 is 0.935 bits per heavy atom. The smallest absolute Gasteiger partial charge is 0.419 e. The quantitative estimate of drug-likeness (QED) is 0.239. The Labute approximate surface area is 177 Å². The first kappa shape index (κ1) is 23.2. The van der Waals surface area contributed by atoms with Gasteiger partial charge >= 0.3 is 6.11 Å². The van der Waals surface area contributed by atoms with Crippen molar-refractivity contribution in [2.45, 2.75) is 51.6 Å². The second-order valence-corrected chi connectivity index (χ2v) is 7.99. The van der Waals surface area contributed by atoms with Gasteiger partial charge in [-0.2, -0.15) is 8.78 Å². The van der Waals surface area contributed by atoms with E-state index in [0.717, 1.165) is 50.7 Å². The van der Waals surface area contributed by atoms with Gasteiger partial charge in [0.15, 0.2) is 17.5 Å². The Bertz CT molecular complexity index is 909. The first-order valence-corrected chi connectivity index (χ1v) is 10.4. The Morgan fingerprint density at radius 2 is 1.58 bits per heavy atom. The normalized spacial score (nSPS) is 19.7. The van der Waals surface area contributed by atoms with Crippen LogP contribution >= 0.6 is 0 Å². The van der Waals surface area contributed by atoms with E-state index in [-0.39, 0.29) is 17.0 Å². The number of halogens is 6. The van der Waals surface area contributed by atoms with Crippen LogP contribution in [0.2, 0.25) is 0 Å². The van der Waals surface area contributed by atoms with Crippen LogP contribution in [-0.2, 0) is 0 Å². The molecule has 0 N–H and O–H groups in total. The molecule has 1 fully saturated rings. The van der Waals surface area contributed by atoms with E-state index in [4.69, 9.17) is 0 Å². The summed E-state index contributed by atoms with van der Waals surface area (Å²) in [5.41, 5.74) is -0.529. The van der Waals surface area contributed by atoms with Crippen molar-refractivity contribution in [3.63, 3.8) is 0 Å². The van der Waals surface area contributed by atoms with Gasteiger partial charge in [-0.3, -0.25) is 0 Å². The standard InChI is InChI=1S/C24H24F6O/c1-2-3-15-4-6-16(7-5-15)10-11-24(29,30)31-18-8-9-19(20(25)14-18)17-12-21(26)23(28)22(27)13-17/h8-16H,2-7H2,1H3/b11-10+. The zero-order valence-corrected chi connectivity index (χ0v) is 17.1. The maximum absolute atomic E-state index is 14.4. The molecule has 2 aromatic rings. The van der Waals surface area contributed by atoms with Crippen LogP contribution in [0.1, 0.15) is 45.4 Å². The van der Waals surface area contributed by atoms with Gasteiger partial charge in [-0.25, -0.2) is 17.6 Å². The fourth-order valence-corrected chi connectivity index (χ4v) is 4.02. The van der Waals surface area contributed by atoms with E-state index in [1.54, 1.807) is 0 Å². The van der Waals surface area contributed by atoms with Crippen molar-refractivity contribution in [2.24, 2.45) is 11.8 Å². The first-order chi connectivity index (χ1) is 14.7. The molecular weight excluding hydrogens is 418 g/mol. The summed E-state index contributed by atoms with van der Waals surface area (Å²) < 4.78 is 87.2. The Kier molecular flexibility index (Phi) is 7.34. The third-order valence-corrected chi connectivity index (χ3v) is 5.64. The number of alkyl halides is 2. The van der Waals surface area contributed by atoms with Crippen molar-refractivity contribution in [2.75, 3.05) is 0 Å². The fourth-order valence-electron chi connectivity index (χ4n) is 4.02. The third kappa shape index (κ3) is 6.05. The minimum Gasteiger partial charge on any atom is -0.429 e. The fraction of sp³-hybridized carbons (Fsp3) is 0.417. The molecule has 31 heavy (non-hydrogen) atoms. The topological polar surface area (TPSA) is 9.23 Å². The molecule has 0 saturated heterocycles. The summed E-state index contributed by atoms with van der Waals surface area (Å²) in [4.78, 5) is 0. The zero-order chi connectivity index (χ0) is 22.6. The van der Waals surface area contributed by atoms with Gasteiger partial charge in [0.05, 0.1) is 0 Å². The van der Waals surface area contributed by atoms with Crippen molar-refractivity contribution in [1.82, 2.24) is 0 Å². The van der Waals surface area contributed by atoms with Crippen molar-refractivity contribution in [1.29, 1.82) is 0 Å². The predicted molar refractivity (Wildman–Crippen MR) is 107 cm³/mol. The van der Waals surface area contributed by atoms with Gasteiger partial charge < -0.3 is 4.74 Å². The third-order valence-electron chi connectivity index (χ3n) is 5.64. The lowest BCUT2D eigenvalue weighted by molar-refractivity contribution is -0.132. The zero-order valence-electron chi connectivity index (χ0n) is 17.1. The Balaban J connectivity index is 1.66. The van der Waals surface area contributed by atoms with Crippen molar-refractivity contribution in [3.05, 3.63) is 65.8 Å². The van der Waals surface area contributed by atoms with Gasteiger partial charge in [0.2, 0.25) is 0 Å². The lowest BCUT2D eigenvalue weighted by Crippen LogP contribution is -2.22. The molecule has 1 saturated carbocycles. The van der Waals surface area contributed by atoms with Crippen LogP contribution in [0.4, 0.5) is 26.3 Å². The van der Waals surface area contributed by atoms with Gasteiger partial charge in [-0.05, 0) is 67.3 Å². The number of benzene rings is 2. The molecule has 1 aliphatic carbocycles. The number of hydrogen-bond donors (Lipinski definition) is 0. The molecule has 0 spiro atoms. The molecule has 0 aliphatic heterocycles. The summed E-state index contributed by atoms with van der Waals surface area (Å²) in [6, 6.07) is 4.07. The summed E-state index contributed by atoms with van der Waals surface area (Å²) in [6.07, 6.45) is 4.54. The second kappa shape index (κ2) is 9.79. The van der Waals surface area contributed by atoms with Crippen LogP contribution in [0.3, 0.4) is 0 Å². The SMILES string of the molecule is CCCC1CCC(/C=C/C(F)(F)Oc2ccc(-c3cc(F)c(F)c(F)c3)c(F)c2)CC1. The van der Waals surface area contributed by atoms with Crippen LogP contribution in [0.25, 0.3) is 11.1 Å². The number of hydrogen-bond acceptors (Lipinski definition) is 1. The molecule has 0 radical (unpaired) electrons. The molecule has 1 aliphatic rings. The summed E-state index contributed by atoms with van der Waals surface area (Å²) in [6.45, 7) is 2.13. The van der Waals surface area contributed by atoms with E-state index in [1.807, 2.05) is 0 Å². The molecule has 0 unspecified atom stereocenters. The van der Waals surface area contributed by atoms with Gasteiger partial charge in [-0.1, -0.05) is 25.8 Å². The molecular formula is C24H24F6O. The highest BCUT2D eigenvalue weighted by molar-refractivity contribution is 5.65. The minimum atomic E-state index is -3.64. The Hall–Kier alpha value is -2.44. The van der Waals surface area contributed by atoms with Crippen LogP contribution in [0, 0.1) is 35.1 Å². The van der Waals surface area contributed by atoms with Gasteiger partial charge in [0.1, 0.15) is 11.6 Å². The van der Waals surface area contributed by atoms with E-state index in [0.29, 0.717) is 30.2 Å². The summed E-state index contributed by atoms with van der Waals surface area (Å²) in [7, 11) is 0. The first-order valence-electron chi connectivity index (χ1n) is 10.4. The summed E-state index contributed by atoms with van der Waals surface area (Å²) in [5.74, 6) is -5.37. The highest BCUT2D eigenvalue weighted by Crippen LogP contribution is 2.34. The van der Waals surface area contributed by atoms with Crippen LogP contribution in [0.5, 0.6) is 5.75 Å². The number of ether oxygens (including phenoxy) is 1. The van der Waals surface area contributed by atoms with E-state index in [2.05, 4.69) is 11.7 Å². The molecule has 0 bridgehead atoms. The lowest BCUT2D eigenvalue weighted by atomic mass is 9.80. The maximum Gasteiger partial charge on any atom is 0.419 e. The molecule has 2 aromatic carbocycles. The van der Waals surface area contributed by atoms with Gasteiger partial charge in [-0.15, -0.1) is 0 Å². The van der Waals surface area contributed by atoms with Crippen molar-refractivity contribution < 1.29 is 31.1 Å². The average molecular weight is 442 g/mol. The van der Waals surface area contributed by atoms with E-state index in [1.165, 1.54) is 6.08 Å². The second-order valence-electron chi connectivity index (χ2n) is 7.99. The largest absolute Gasteiger partial charge is 0.429 e. The molecule has 1 nitrogen and oxygen atoms in total. The van der Waals surface area contributed by atoms with E-state index < -0.39 is 35.1 Å². The molecule has 3 rings (SSSR count). The summed E-state index contributed by atoms with van der Waals surface area (Å²) in [5, 5.41) is 0. The van der Waals surface area contributed by atoms with Crippen LogP contribution in [0.15, 0.2) is 42.5 Å². The van der Waals surface area contributed by atoms with E-state index >= 15 is 0 Å². The average Bonchev–Trinajstić information content (AvgIpc) is 2.71. The van der Waals surface area contributed by atoms with Gasteiger partial charge in [0.25, 0.3) is 0 Å². The van der Waals surface area contributed by atoms with Crippen LogP contribution < -0.4 is 4.74 Å². The Morgan fingerprint density at radius 3 is 2.16 bits per heavy atom. The maximum atomic E-state index is 14.4. The molecule has 0 aromatic heterocycles. The summed E-state index contributed by atoms with van der Waals surface area (Å²) >= 11 is 0. The minimum absolute atomic E-state index is 0.0602. The molecule has 7 heteroatoms. The van der Waals surface area contributed by atoms with Gasteiger partial charge in [0, 0.05) is 17.7 Å². The number of rotatable bonds is 7. The monoisotopic (exact) mass is 442 g/mol. The lowest BCUT2D eigenvalue weighted by Gasteiger charge is -2.26. The highest BCUT2D eigenvalue weighted by Gasteiger charge is 2.29. The molecule has 168 valence electrons. The van der Waals surface area contributed by atoms with Crippen molar-refractivity contribution >= 4 is 0 Å². The predicted octanol–water partition coefficient (Wildman–Crippen LogP) is 8.04. The molecule has 0 heterocycles. The van der Waals surface area contributed by atoms with Crippen molar-refractivity contribution in [3.8, 4) is 16.9 Å². The van der Waals surface area contributed by atoms with E-state index in [9.17, 15) is 26.3 Å². The highest BCUT2D eigenvalue weighted by atomic mass is 19.3. The van der Waals surface area contributed by atoms with Crippen LogP contribution in [-0.4, -0.2) is 6.11 Å². The molecule has 0 amide bonds. The molecule has 0 atom stereocenters. The number of allylic oxidation sites excluding steroid dienone is 1.